The molecule has 0 bridgehead atoms. The molecule has 0 aliphatic carbocycles. The van der Waals surface area contributed by atoms with E-state index >= 15 is 0 Å². The Morgan fingerprint density at radius 1 is 1.11 bits per heavy atom. The van der Waals surface area contributed by atoms with Crippen molar-refractivity contribution >= 4 is 6.08 Å². The summed E-state index contributed by atoms with van der Waals surface area (Å²) in [5, 5.41) is 14.3. The molecular formula is C20H24N6O. The van der Waals surface area contributed by atoms with E-state index in [0.717, 1.165) is 73.0 Å². The van der Waals surface area contributed by atoms with Crippen molar-refractivity contribution in [2.45, 2.75) is 13.3 Å². The second kappa shape index (κ2) is 7.85. The summed E-state index contributed by atoms with van der Waals surface area (Å²) in [5.74, 6) is 0. The van der Waals surface area contributed by atoms with Crippen LogP contribution in [0.25, 0.3) is 28.5 Å². The maximum absolute atomic E-state index is 5.46. The van der Waals surface area contributed by atoms with Gasteiger partial charge in [-0.1, -0.05) is 6.58 Å². The minimum absolute atomic E-state index is 0.811. The summed E-state index contributed by atoms with van der Waals surface area (Å²) in [5.41, 5.74) is 7.27. The first-order valence-corrected chi connectivity index (χ1v) is 9.22. The molecule has 0 saturated carbocycles. The van der Waals surface area contributed by atoms with Crippen LogP contribution >= 0.6 is 0 Å². The van der Waals surface area contributed by atoms with Gasteiger partial charge in [0.1, 0.15) is 0 Å². The molecule has 1 saturated heterocycles. The highest BCUT2D eigenvalue weighted by atomic mass is 16.5. The molecule has 0 radical (unpaired) electrons. The van der Waals surface area contributed by atoms with Crippen LogP contribution < -0.4 is 0 Å². The Bertz CT molecular complexity index is 922. The maximum Gasteiger partial charge on any atom is 0.0739 e. The highest BCUT2D eigenvalue weighted by Gasteiger charge is 2.16. The minimum atomic E-state index is 0.811. The Morgan fingerprint density at radius 2 is 1.89 bits per heavy atom. The standard InChI is InChI=1S/C20H24N6O/c1-3-19-18(13-23-25-19)17-11-21-20(16-12-22-24-14(16)2)10-15(17)4-5-26-6-8-27-9-7-26/h3,10-13H,1,4-9H2,2H3,(H,22,24)(H,23,25). The van der Waals surface area contributed by atoms with Gasteiger partial charge in [0.15, 0.2) is 0 Å². The summed E-state index contributed by atoms with van der Waals surface area (Å²) in [6.07, 6.45) is 8.34. The van der Waals surface area contributed by atoms with Gasteiger partial charge < -0.3 is 4.74 Å². The first-order valence-electron chi connectivity index (χ1n) is 9.22. The SMILES string of the molecule is C=Cc1[nH]ncc1-c1cnc(-c2cn[nH]c2C)cc1CCN1CCOCC1. The lowest BCUT2D eigenvalue weighted by molar-refractivity contribution is 0.0384. The van der Waals surface area contributed by atoms with E-state index in [4.69, 9.17) is 9.72 Å². The number of pyridine rings is 1. The molecular weight excluding hydrogens is 340 g/mol. The van der Waals surface area contributed by atoms with Crippen LogP contribution in [0.2, 0.25) is 0 Å². The van der Waals surface area contributed by atoms with Gasteiger partial charge in [0.05, 0.1) is 37.0 Å². The van der Waals surface area contributed by atoms with Gasteiger partial charge >= 0.3 is 0 Å². The fourth-order valence-electron chi connectivity index (χ4n) is 3.47. The predicted molar refractivity (Wildman–Crippen MR) is 105 cm³/mol. The number of aryl methyl sites for hydroxylation is 1. The zero-order chi connectivity index (χ0) is 18.6. The number of morpholine rings is 1. The smallest absolute Gasteiger partial charge is 0.0739 e. The molecule has 27 heavy (non-hydrogen) atoms. The van der Waals surface area contributed by atoms with Crippen molar-refractivity contribution in [1.29, 1.82) is 0 Å². The van der Waals surface area contributed by atoms with Gasteiger partial charge in [0.25, 0.3) is 0 Å². The minimum Gasteiger partial charge on any atom is -0.379 e. The van der Waals surface area contributed by atoms with Crippen molar-refractivity contribution in [3.8, 4) is 22.4 Å². The van der Waals surface area contributed by atoms with E-state index in [1.807, 2.05) is 25.5 Å². The van der Waals surface area contributed by atoms with Crippen molar-refractivity contribution in [2.24, 2.45) is 0 Å². The number of rotatable bonds is 6. The van der Waals surface area contributed by atoms with Crippen LogP contribution in [0.3, 0.4) is 0 Å². The molecule has 3 aromatic heterocycles. The molecule has 0 atom stereocenters. The summed E-state index contributed by atoms with van der Waals surface area (Å²) < 4.78 is 5.46. The maximum atomic E-state index is 5.46. The number of nitrogens with zero attached hydrogens (tertiary/aromatic N) is 4. The largest absolute Gasteiger partial charge is 0.379 e. The summed E-state index contributed by atoms with van der Waals surface area (Å²) in [6, 6.07) is 2.17. The molecule has 140 valence electrons. The number of aromatic nitrogens is 5. The number of ether oxygens (including phenoxy) is 1. The van der Waals surface area contributed by atoms with E-state index in [-0.39, 0.29) is 0 Å². The highest BCUT2D eigenvalue weighted by Crippen LogP contribution is 2.30. The van der Waals surface area contributed by atoms with Gasteiger partial charge in [-0.15, -0.1) is 0 Å². The zero-order valence-electron chi connectivity index (χ0n) is 15.5. The molecule has 4 heterocycles. The molecule has 0 aromatic carbocycles. The van der Waals surface area contributed by atoms with Crippen LogP contribution in [0.4, 0.5) is 0 Å². The molecule has 0 spiro atoms. The average Bonchev–Trinajstić information content (AvgIpc) is 3.35. The lowest BCUT2D eigenvalue weighted by Crippen LogP contribution is -2.37. The van der Waals surface area contributed by atoms with Crippen molar-refractivity contribution < 1.29 is 4.74 Å². The van der Waals surface area contributed by atoms with E-state index < -0.39 is 0 Å². The molecule has 3 aromatic rings. The zero-order valence-corrected chi connectivity index (χ0v) is 15.5. The lowest BCUT2D eigenvalue weighted by atomic mass is 9.97. The number of H-pyrrole nitrogens is 2. The van der Waals surface area contributed by atoms with Crippen molar-refractivity contribution in [2.75, 3.05) is 32.8 Å². The second-order valence-corrected chi connectivity index (χ2v) is 6.74. The third-order valence-electron chi connectivity index (χ3n) is 5.06. The molecule has 1 fully saturated rings. The Hall–Kier alpha value is -2.77. The first-order chi connectivity index (χ1) is 13.3. The summed E-state index contributed by atoms with van der Waals surface area (Å²) in [6.45, 7) is 10.5. The Balaban J connectivity index is 1.69. The number of aromatic amines is 2. The number of hydrogen-bond acceptors (Lipinski definition) is 5. The normalized spacial score (nSPS) is 15.1. The van der Waals surface area contributed by atoms with Gasteiger partial charge in [0, 0.05) is 48.2 Å². The fourth-order valence-corrected chi connectivity index (χ4v) is 3.47. The van der Waals surface area contributed by atoms with E-state index in [1.165, 1.54) is 5.56 Å². The van der Waals surface area contributed by atoms with Crippen molar-refractivity contribution in [1.82, 2.24) is 30.3 Å². The predicted octanol–water partition coefficient (Wildman–Crippen LogP) is 2.69. The van der Waals surface area contributed by atoms with Gasteiger partial charge in [-0.25, -0.2) is 0 Å². The monoisotopic (exact) mass is 364 g/mol. The van der Waals surface area contributed by atoms with Crippen LogP contribution in [0.5, 0.6) is 0 Å². The van der Waals surface area contributed by atoms with Crippen molar-refractivity contribution in [3.05, 3.63) is 48.2 Å². The molecule has 4 rings (SSSR count). The van der Waals surface area contributed by atoms with Crippen LogP contribution in [0.1, 0.15) is 17.0 Å². The van der Waals surface area contributed by atoms with Gasteiger partial charge in [0.2, 0.25) is 0 Å². The lowest BCUT2D eigenvalue weighted by Gasteiger charge is -2.26. The molecule has 0 amide bonds. The summed E-state index contributed by atoms with van der Waals surface area (Å²) in [4.78, 5) is 7.14. The quantitative estimate of drug-likeness (QED) is 0.703. The molecule has 1 aliphatic heterocycles. The fraction of sp³-hybridized carbons (Fsp3) is 0.350. The van der Waals surface area contributed by atoms with Crippen LogP contribution in [-0.2, 0) is 11.2 Å². The topological polar surface area (TPSA) is 82.7 Å². The molecule has 1 aliphatic rings. The van der Waals surface area contributed by atoms with E-state index in [2.05, 4.69) is 37.9 Å². The third-order valence-corrected chi connectivity index (χ3v) is 5.06. The van der Waals surface area contributed by atoms with Crippen molar-refractivity contribution in [3.63, 3.8) is 0 Å². The summed E-state index contributed by atoms with van der Waals surface area (Å²) >= 11 is 0. The van der Waals surface area contributed by atoms with Crippen LogP contribution in [0.15, 0.2) is 31.2 Å². The number of nitrogens with one attached hydrogen (secondary N) is 2. The Morgan fingerprint density at radius 3 is 2.63 bits per heavy atom. The molecule has 7 heteroatoms. The van der Waals surface area contributed by atoms with E-state index in [0.29, 0.717) is 0 Å². The van der Waals surface area contributed by atoms with Crippen LogP contribution in [-0.4, -0.2) is 63.1 Å². The molecule has 7 nitrogen and oxygen atoms in total. The summed E-state index contributed by atoms with van der Waals surface area (Å²) in [7, 11) is 0. The Kier molecular flexibility index (Phi) is 5.13. The molecule has 0 unspecified atom stereocenters. The van der Waals surface area contributed by atoms with Gasteiger partial charge in [-0.3, -0.25) is 20.1 Å². The number of hydrogen-bond donors (Lipinski definition) is 2. The van der Waals surface area contributed by atoms with E-state index in [9.17, 15) is 0 Å². The average molecular weight is 364 g/mol. The van der Waals surface area contributed by atoms with Gasteiger partial charge in [-0.2, -0.15) is 10.2 Å². The van der Waals surface area contributed by atoms with E-state index in [1.54, 1.807) is 6.08 Å². The second-order valence-electron chi connectivity index (χ2n) is 6.74. The van der Waals surface area contributed by atoms with Crippen LogP contribution in [0, 0.1) is 6.92 Å². The highest BCUT2D eigenvalue weighted by molar-refractivity contribution is 5.76. The Labute approximate surface area is 158 Å². The molecule has 2 N–H and O–H groups in total. The first kappa shape index (κ1) is 17.6. The van der Waals surface area contributed by atoms with Gasteiger partial charge in [-0.05, 0) is 31.1 Å². The third kappa shape index (κ3) is 3.70.